The average molecular weight is 208 g/mol. The molecule has 6 heteroatoms. The number of ether oxygens (including phenoxy) is 1. The van der Waals surface area contributed by atoms with Gasteiger partial charge in [-0.3, -0.25) is 10.6 Å². The largest absolute Gasteiger partial charge is 0.482 e. The Bertz CT molecular complexity index is 380. The Hall–Kier alpha value is -1.79. The summed E-state index contributed by atoms with van der Waals surface area (Å²) in [7, 11) is 0. The molecule has 2 rings (SSSR count). The predicted octanol–water partition coefficient (Wildman–Crippen LogP) is -0.150. The van der Waals surface area contributed by atoms with Crippen molar-refractivity contribution in [1.29, 1.82) is 0 Å². The molecule has 1 amide bonds. The Labute approximate surface area is 86.8 Å². The van der Waals surface area contributed by atoms with Crippen LogP contribution in [-0.4, -0.2) is 19.2 Å². The van der Waals surface area contributed by atoms with Gasteiger partial charge in [0, 0.05) is 5.69 Å². The van der Waals surface area contributed by atoms with Crippen LogP contribution in [0.4, 0.5) is 11.4 Å². The number of nitrogens with one attached hydrogen (secondary N) is 3. The molecular weight excluding hydrogens is 196 g/mol. The molecule has 0 unspecified atom stereocenters. The molecule has 1 aliphatic heterocycles. The minimum Gasteiger partial charge on any atom is -0.482 e. The molecule has 0 aliphatic carbocycles. The Morgan fingerprint density at radius 3 is 3.20 bits per heavy atom. The highest BCUT2D eigenvalue weighted by atomic mass is 16.5. The van der Waals surface area contributed by atoms with E-state index in [1.807, 2.05) is 6.07 Å². The summed E-state index contributed by atoms with van der Waals surface area (Å²) in [5, 5.41) is 5.74. The molecule has 80 valence electrons. The minimum absolute atomic E-state index is 0.0735. The third-order valence-electron chi connectivity index (χ3n) is 2.01. The van der Waals surface area contributed by atoms with Crippen molar-refractivity contribution in [3.8, 4) is 5.75 Å². The molecule has 1 aromatic rings. The van der Waals surface area contributed by atoms with Crippen molar-refractivity contribution >= 4 is 17.3 Å². The van der Waals surface area contributed by atoms with Gasteiger partial charge < -0.3 is 15.4 Å². The van der Waals surface area contributed by atoms with Crippen LogP contribution in [0, 0.1) is 0 Å². The van der Waals surface area contributed by atoms with Crippen molar-refractivity contribution < 1.29 is 9.53 Å². The van der Waals surface area contributed by atoms with Crippen molar-refractivity contribution in [3.05, 3.63) is 18.2 Å². The molecule has 5 N–H and O–H groups in total. The van der Waals surface area contributed by atoms with Gasteiger partial charge in [-0.1, -0.05) is 0 Å². The van der Waals surface area contributed by atoms with Crippen molar-refractivity contribution in [2.75, 3.05) is 23.9 Å². The first-order valence-electron chi connectivity index (χ1n) is 4.53. The highest BCUT2D eigenvalue weighted by Crippen LogP contribution is 2.30. The number of anilines is 2. The van der Waals surface area contributed by atoms with E-state index in [-0.39, 0.29) is 12.5 Å². The summed E-state index contributed by atoms with van der Waals surface area (Å²) in [5.41, 5.74) is 4.01. The van der Waals surface area contributed by atoms with E-state index < -0.39 is 0 Å². The van der Waals surface area contributed by atoms with Crippen molar-refractivity contribution in [2.45, 2.75) is 0 Å². The number of carbonyl (C=O) groups excluding carboxylic acids is 1. The van der Waals surface area contributed by atoms with Crippen molar-refractivity contribution in [3.63, 3.8) is 0 Å². The lowest BCUT2D eigenvalue weighted by Crippen LogP contribution is -2.28. The van der Waals surface area contributed by atoms with Crippen LogP contribution < -0.4 is 26.6 Å². The Balaban J connectivity index is 2.17. The molecule has 0 fully saturated rings. The number of hydrogen-bond acceptors (Lipinski definition) is 5. The summed E-state index contributed by atoms with van der Waals surface area (Å²) >= 11 is 0. The number of amides is 1. The summed E-state index contributed by atoms with van der Waals surface area (Å²) in [4.78, 5) is 11.1. The van der Waals surface area contributed by atoms with Gasteiger partial charge in [-0.25, -0.2) is 5.43 Å². The zero-order valence-corrected chi connectivity index (χ0v) is 8.04. The van der Waals surface area contributed by atoms with E-state index in [2.05, 4.69) is 16.1 Å². The molecule has 15 heavy (non-hydrogen) atoms. The summed E-state index contributed by atoms with van der Waals surface area (Å²) in [5.74, 6) is 5.67. The van der Waals surface area contributed by atoms with Crippen LogP contribution in [0.1, 0.15) is 0 Å². The van der Waals surface area contributed by atoms with Gasteiger partial charge >= 0.3 is 0 Å². The second kappa shape index (κ2) is 4.16. The molecule has 0 spiro atoms. The maximum atomic E-state index is 11.1. The van der Waals surface area contributed by atoms with E-state index in [0.29, 0.717) is 18.1 Å². The van der Waals surface area contributed by atoms with Crippen LogP contribution in [-0.2, 0) is 4.79 Å². The number of nitrogens with two attached hydrogens (primary N) is 1. The number of fused-ring (bicyclic) bond motifs is 1. The second-order valence-corrected chi connectivity index (χ2v) is 3.11. The first-order valence-corrected chi connectivity index (χ1v) is 4.53. The van der Waals surface area contributed by atoms with Gasteiger partial charge in [0.25, 0.3) is 5.91 Å². The van der Waals surface area contributed by atoms with Crippen LogP contribution in [0.25, 0.3) is 0 Å². The van der Waals surface area contributed by atoms with Crippen molar-refractivity contribution in [1.82, 2.24) is 5.43 Å². The topological polar surface area (TPSA) is 88.4 Å². The van der Waals surface area contributed by atoms with Gasteiger partial charge in [-0.05, 0) is 18.2 Å². The Morgan fingerprint density at radius 2 is 2.40 bits per heavy atom. The molecule has 1 aromatic carbocycles. The molecule has 6 nitrogen and oxygen atoms in total. The number of hydrogen-bond donors (Lipinski definition) is 4. The average Bonchev–Trinajstić information content (AvgIpc) is 2.25. The maximum Gasteiger partial charge on any atom is 0.262 e. The molecule has 1 heterocycles. The summed E-state index contributed by atoms with van der Waals surface area (Å²) in [6, 6.07) is 5.45. The second-order valence-electron chi connectivity index (χ2n) is 3.11. The van der Waals surface area contributed by atoms with Crippen molar-refractivity contribution in [2.24, 2.45) is 5.84 Å². The lowest BCUT2D eigenvalue weighted by Gasteiger charge is -2.18. The normalized spacial score (nSPS) is 13.8. The van der Waals surface area contributed by atoms with Crippen LogP contribution >= 0.6 is 0 Å². The smallest absolute Gasteiger partial charge is 0.262 e. The summed E-state index contributed by atoms with van der Waals surface area (Å²) in [6.45, 7) is 0.526. The third-order valence-corrected chi connectivity index (χ3v) is 2.01. The number of benzene rings is 1. The first kappa shape index (κ1) is 9.75. The third kappa shape index (κ3) is 2.17. The van der Waals surface area contributed by atoms with E-state index in [1.165, 1.54) is 0 Å². The monoisotopic (exact) mass is 208 g/mol. The van der Waals surface area contributed by atoms with E-state index in [4.69, 9.17) is 10.6 Å². The molecule has 1 aliphatic rings. The standard InChI is InChI=1S/C9H12N4O2/c10-12-5-11-6-1-2-8-7(3-6)13-9(14)4-15-8/h1-3,11-12H,4-5,10H2,(H,13,14). The number of rotatable bonds is 3. The minimum atomic E-state index is -0.142. The first-order chi connectivity index (χ1) is 7.29. The molecular formula is C9H12N4O2. The van der Waals surface area contributed by atoms with Crippen LogP contribution in [0.15, 0.2) is 18.2 Å². The zero-order chi connectivity index (χ0) is 10.7. The van der Waals surface area contributed by atoms with Gasteiger partial charge in [0.05, 0.1) is 12.4 Å². The SMILES string of the molecule is NNCNc1ccc2c(c1)NC(=O)CO2. The van der Waals surface area contributed by atoms with E-state index >= 15 is 0 Å². The van der Waals surface area contributed by atoms with Crippen LogP contribution in [0.5, 0.6) is 5.75 Å². The van der Waals surface area contributed by atoms with E-state index in [9.17, 15) is 4.79 Å². The number of carbonyl (C=O) groups is 1. The van der Waals surface area contributed by atoms with Gasteiger partial charge in [0.1, 0.15) is 5.75 Å². The molecule has 0 atom stereocenters. The van der Waals surface area contributed by atoms with Crippen LogP contribution in [0.3, 0.4) is 0 Å². The Kier molecular flexibility index (Phi) is 2.70. The van der Waals surface area contributed by atoms with E-state index in [0.717, 1.165) is 5.69 Å². The fraction of sp³-hybridized carbons (Fsp3) is 0.222. The van der Waals surface area contributed by atoms with Crippen LogP contribution in [0.2, 0.25) is 0 Å². The molecule has 0 radical (unpaired) electrons. The van der Waals surface area contributed by atoms with E-state index in [1.54, 1.807) is 12.1 Å². The lowest BCUT2D eigenvalue weighted by molar-refractivity contribution is -0.118. The van der Waals surface area contributed by atoms with Gasteiger partial charge in [0.15, 0.2) is 6.61 Å². The fourth-order valence-electron chi connectivity index (χ4n) is 1.35. The summed E-state index contributed by atoms with van der Waals surface area (Å²) < 4.78 is 5.22. The lowest BCUT2D eigenvalue weighted by atomic mass is 10.2. The highest BCUT2D eigenvalue weighted by molar-refractivity contribution is 5.95. The van der Waals surface area contributed by atoms with Gasteiger partial charge in [-0.15, -0.1) is 0 Å². The number of hydrazine groups is 1. The zero-order valence-electron chi connectivity index (χ0n) is 8.04. The maximum absolute atomic E-state index is 11.1. The van der Waals surface area contributed by atoms with Gasteiger partial charge in [0.2, 0.25) is 0 Å². The highest BCUT2D eigenvalue weighted by Gasteiger charge is 2.15. The summed E-state index contributed by atoms with van der Waals surface area (Å²) in [6.07, 6.45) is 0. The fourth-order valence-corrected chi connectivity index (χ4v) is 1.35. The molecule has 0 bridgehead atoms. The molecule has 0 saturated heterocycles. The molecule has 0 aromatic heterocycles. The predicted molar refractivity (Wildman–Crippen MR) is 56.4 cm³/mol. The van der Waals surface area contributed by atoms with Gasteiger partial charge in [-0.2, -0.15) is 0 Å². The quantitative estimate of drug-likeness (QED) is 0.315. The Morgan fingerprint density at radius 1 is 1.53 bits per heavy atom. The molecule has 0 saturated carbocycles.